The van der Waals surface area contributed by atoms with Gasteiger partial charge in [-0.05, 0) is 80.0 Å². The largest absolute Gasteiger partial charge is 0.330 e. The second-order valence-corrected chi connectivity index (χ2v) is 9.15. The SMILES string of the molecule is NCC1CCC2(CC1)Cc1nc(-c3ccc(F)cc3)c(-c3ccc4ncnn4c3)n1C2. The van der Waals surface area contributed by atoms with Crippen molar-refractivity contribution < 1.29 is 4.39 Å². The molecule has 1 aliphatic heterocycles. The van der Waals surface area contributed by atoms with Crippen LogP contribution in [0.15, 0.2) is 48.9 Å². The summed E-state index contributed by atoms with van der Waals surface area (Å²) in [5.41, 5.74) is 11.0. The minimum atomic E-state index is -0.239. The summed E-state index contributed by atoms with van der Waals surface area (Å²) < 4.78 is 17.8. The number of halogens is 1. The molecule has 1 aromatic carbocycles. The van der Waals surface area contributed by atoms with Crippen LogP contribution in [-0.4, -0.2) is 30.7 Å². The van der Waals surface area contributed by atoms with Crippen molar-refractivity contribution in [2.75, 3.05) is 6.54 Å². The Labute approximate surface area is 179 Å². The third kappa shape index (κ3) is 3.07. The van der Waals surface area contributed by atoms with Crippen molar-refractivity contribution in [2.45, 2.75) is 38.6 Å². The Hall–Kier alpha value is -3.06. The van der Waals surface area contributed by atoms with Gasteiger partial charge in [0.1, 0.15) is 18.0 Å². The summed E-state index contributed by atoms with van der Waals surface area (Å²) in [6.07, 6.45) is 9.36. The zero-order valence-electron chi connectivity index (χ0n) is 17.3. The number of hydrogen-bond acceptors (Lipinski definition) is 4. The molecule has 31 heavy (non-hydrogen) atoms. The average molecular weight is 417 g/mol. The first-order valence-electron chi connectivity index (χ1n) is 11.0. The second kappa shape index (κ2) is 6.99. The first kappa shape index (κ1) is 18.7. The number of hydrogen-bond donors (Lipinski definition) is 1. The molecular formula is C24H25FN6. The van der Waals surface area contributed by atoms with Gasteiger partial charge in [-0.25, -0.2) is 18.9 Å². The highest BCUT2D eigenvalue weighted by atomic mass is 19.1. The topological polar surface area (TPSA) is 74.0 Å². The Balaban J connectivity index is 1.46. The molecule has 4 aromatic rings. The summed E-state index contributed by atoms with van der Waals surface area (Å²) in [7, 11) is 0. The molecule has 0 bridgehead atoms. The van der Waals surface area contributed by atoms with E-state index in [0.717, 1.165) is 53.5 Å². The molecule has 0 unspecified atom stereocenters. The molecule has 2 aliphatic rings. The molecule has 4 heterocycles. The van der Waals surface area contributed by atoms with Crippen molar-refractivity contribution in [1.82, 2.24) is 24.1 Å². The van der Waals surface area contributed by atoms with E-state index in [-0.39, 0.29) is 11.2 Å². The van der Waals surface area contributed by atoms with Gasteiger partial charge in [0.05, 0.1) is 11.4 Å². The van der Waals surface area contributed by atoms with Crippen LogP contribution in [0.1, 0.15) is 31.5 Å². The number of rotatable bonds is 3. The van der Waals surface area contributed by atoms with E-state index in [4.69, 9.17) is 10.7 Å². The molecule has 6 nitrogen and oxygen atoms in total. The standard InChI is InChI=1S/C24H25FN6/c25-19-4-1-17(2-5-19)22-23(18-3-6-20-27-15-28-31(20)13-18)30-14-24(11-21(30)29-22)9-7-16(12-26)8-10-24/h1-6,13,15-16H,7-12,14,26H2. The molecular weight excluding hydrogens is 391 g/mol. The maximum absolute atomic E-state index is 13.6. The molecule has 3 aromatic heterocycles. The van der Waals surface area contributed by atoms with Crippen LogP contribution in [0.25, 0.3) is 28.2 Å². The zero-order chi connectivity index (χ0) is 21.0. The van der Waals surface area contributed by atoms with E-state index in [9.17, 15) is 4.39 Å². The molecule has 1 aliphatic carbocycles. The van der Waals surface area contributed by atoms with Gasteiger partial charge < -0.3 is 10.3 Å². The van der Waals surface area contributed by atoms with E-state index in [2.05, 4.69) is 20.7 Å². The third-order valence-corrected chi connectivity index (χ3v) is 7.24. The molecule has 2 N–H and O–H groups in total. The molecule has 0 radical (unpaired) electrons. The predicted octanol–water partition coefficient (Wildman–Crippen LogP) is 4.09. The minimum Gasteiger partial charge on any atom is -0.330 e. The van der Waals surface area contributed by atoms with Gasteiger partial charge >= 0.3 is 0 Å². The van der Waals surface area contributed by atoms with E-state index >= 15 is 0 Å². The fraction of sp³-hybridized carbons (Fsp3) is 0.375. The number of fused-ring (bicyclic) bond motifs is 2. The number of benzene rings is 1. The van der Waals surface area contributed by atoms with Gasteiger partial charge in [0.15, 0.2) is 5.65 Å². The predicted molar refractivity (Wildman–Crippen MR) is 117 cm³/mol. The number of nitrogens with two attached hydrogens (primary N) is 1. The highest BCUT2D eigenvalue weighted by Gasteiger charge is 2.42. The second-order valence-electron chi connectivity index (χ2n) is 9.15. The maximum Gasteiger partial charge on any atom is 0.155 e. The van der Waals surface area contributed by atoms with Gasteiger partial charge in [-0.1, -0.05) is 0 Å². The number of imidazole rings is 1. The van der Waals surface area contributed by atoms with Crippen molar-refractivity contribution in [3.8, 4) is 22.5 Å². The summed E-state index contributed by atoms with van der Waals surface area (Å²) in [6.45, 7) is 1.76. The van der Waals surface area contributed by atoms with Crippen LogP contribution in [0.4, 0.5) is 4.39 Å². The fourth-order valence-corrected chi connectivity index (χ4v) is 5.45. The molecule has 158 valence electrons. The van der Waals surface area contributed by atoms with Crippen LogP contribution in [-0.2, 0) is 13.0 Å². The minimum absolute atomic E-state index is 0.239. The van der Waals surface area contributed by atoms with Gasteiger partial charge in [-0.3, -0.25) is 0 Å². The van der Waals surface area contributed by atoms with Crippen LogP contribution < -0.4 is 5.73 Å². The summed E-state index contributed by atoms with van der Waals surface area (Å²) in [6, 6.07) is 10.7. The van der Waals surface area contributed by atoms with E-state index in [1.54, 1.807) is 10.8 Å². The quantitative estimate of drug-likeness (QED) is 0.546. The Kier molecular flexibility index (Phi) is 4.21. The van der Waals surface area contributed by atoms with Crippen molar-refractivity contribution in [1.29, 1.82) is 0 Å². The summed E-state index contributed by atoms with van der Waals surface area (Å²) >= 11 is 0. The van der Waals surface area contributed by atoms with Crippen LogP contribution in [0, 0.1) is 17.2 Å². The highest BCUT2D eigenvalue weighted by Crippen LogP contribution is 2.49. The molecule has 1 fully saturated rings. The molecule has 7 heteroatoms. The lowest BCUT2D eigenvalue weighted by Crippen LogP contribution is -2.31. The molecule has 1 spiro atoms. The first-order valence-corrected chi connectivity index (χ1v) is 11.0. The van der Waals surface area contributed by atoms with Crippen LogP contribution in [0.5, 0.6) is 0 Å². The Morgan fingerprint density at radius 2 is 1.84 bits per heavy atom. The van der Waals surface area contributed by atoms with Crippen LogP contribution >= 0.6 is 0 Å². The Morgan fingerprint density at radius 3 is 2.61 bits per heavy atom. The summed E-state index contributed by atoms with van der Waals surface area (Å²) in [4.78, 5) is 9.36. The third-order valence-electron chi connectivity index (χ3n) is 7.24. The summed E-state index contributed by atoms with van der Waals surface area (Å²) in [5.74, 6) is 1.54. The van der Waals surface area contributed by atoms with E-state index < -0.39 is 0 Å². The normalized spacial score (nSPS) is 23.0. The van der Waals surface area contributed by atoms with Gasteiger partial charge in [0.25, 0.3) is 0 Å². The van der Waals surface area contributed by atoms with Crippen LogP contribution in [0.2, 0.25) is 0 Å². The van der Waals surface area contributed by atoms with Crippen molar-refractivity contribution in [3.63, 3.8) is 0 Å². The fourth-order valence-electron chi connectivity index (χ4n) is 5.45. The lowest BCUT2D eigenvalue weighted by molar-refractivity contribution is 0.150. The van der Waals surface area contributed by atoms with Gasteiger partial charge in [-0.2, -0.15) is 5.10 Å². The van der Waals surface area contributed by atoms with Gasteiger partial charge in [0.2, 0.25) is 0 Å². The Morgan fingerprint density at radius 1 is 1.06 bits per heavy atom. The lowest BCUT2D eigenvalue weighted by atomic mass is 9.69. The maximum atomic E-state index is 13.6. The van der Waals surface area contributed by atoms with E-state index in [0.29, 0.717) is 5.92 Å². The zero-order valence-corrected chi connectivity index (χ0v) is 17.3. The summed E-state index contributed by atoms with van der Waals surface area (Å²) in [5, 5.41) is 4.31. The number of nitrogens with zero attached hydrogens (tertiary/aromatic N) is 5. The van der Waals surface area contributed by atoms with Gasteiger partial charge in [0, 0.05) is 30.3 Å². The lowest BCUT2D eigenvalue weighted by Gasteiger charge is -2.36. The Bertz CT molecular complexity index is 1250. The first-order chi connectivity index (χ1) is 15.1. The number of pyridine rings is 1. The van der Waals surface area contributed by atoms with Crippen molar-refractivity contribution in [3.05, 3.63) is 60.6 Å². The van der Waals surface area contributed by atoms with Crippen molar-refractivity contribution in [2.24, 2.45) is 17.1 Å². The van der Waals surface area contributed by atoms with E-state index in [1.807, 2.05) is 24.4 Å². The monoisotopic (exact) mass is 416 g/mol. The molecule has 0 atom stereocenters. The molecule has 1 saturated carbocycles. The molecule has 0 amide bonds. The van der Waals surface area contributed by atoms with Crippen molar-refractivity contribution >= 4 is 5.65 Å². The highest BCUT2D eigenvalue weighted by molar-refractivity contribution is 5.79. The molecule has 0 saturated heterocycles. The molecule has 6 rings (SSSR count). The average Bonchev–Trinajstić information content (AvgIpc) is 3.47. The number of aromatic nitrogens is 5. The van der Waals surface area contributed by atoms with Gasteiger partial charge in [-0.15, -0.1) is 0 Å². The van der Waals surface area contributed by atoms with Crippen LogP contribution in [0.3, 0.4) is 0 Å². The smallest absolute Gasteiger partial charge is 0.155 e. The van der Waals surface area contributed by atoms with E-state index in [1.165, 1.54) is 37.8 Å².